The maximum absolute atomic E-state index is 13.6. The number of benzene rings is 1. The monoisotopic (exact) mass is 437 g/mol. The number of thiophene rings is 1. The van der Waals surface area contributed by atoms with E-state index in [0.29, 0.717) is 46.9 Å². The third kappa shape index (κ3) is 3.82. The zero-order chi connectivity index (χ0) is 21.4. The highest BCUT2D eigenvalue weighted by atomic mass is 32.1. The predicted molar refractivity (Wildman–Crippen MR) is 118 cm³/mol. The number of amides is 1. The third-order valence-electron chi connectivity index (χ3n) is 5.43. The summed E-state index contributed by atoms with van der Waals surface area (Å²) in [5.74, 6) is -0.305. The van der Waals surface area contributed by atoms with Crippen LogP contribution in [0.15, 0.2) is 40.7 Å². The minimum absolute atomic E-state index is 0.149. The van der Waals surface area contributed by atoms with Crippen LogP contribution in [-0.2, 0) is 0 Å². The molecule has 9 heteroatoms. The second kappa shape index (κ2) is 8.16. The third-order valence-corrected chi connectivity index (χ3v) is 6.40. The predicted octanol–water partition coefficient (Wildman–Crippen LogP) is 3.53. The Morgan fingerprint density at radius 2 is 2.19 bits per heavy atom. The molecular formula is C22H20FN5O2S. The van der Waals surface area contributed by atoms with Gasteiger partial charge in [-0.2, -0.15) is 4.98 Å². The van der Waals surface area contributed by atoms with E-state index in [1.54, 1.807) is 22.6 Å². The summed E-state index contributed by atoms with van der Waals surface area (Å²) in [6.45, 7) is 1.54. The van der Waals surface area contributed by atoms with Crippen molar-refractivity contribution >= 4 is 39.4 Å². The fraction of sp³-hybridized carbons (Fsp3) is 0.273. The number of piperazine rings is 1. The summed E-state index contributed by atoms with van der Waals surface area (Å²) < 4.78 is 14.1. The van der Waals surface area contributed by atoms with E-state index in [1.807, 2.05) is 12.1 Å². The number of aromatic hydroxyl groups is 1. The van der Waals surface area contributed by atoms with Gasteiger partial charge in [0.25, 0.3) is 5.91 Å². The molecule has 5 rings (SSSR count). The summed E-state index contributed by atoms with van der Waals surface area (Å²) in [5.41, 5.74) is 2.26. The van der Waals surface area contributed by atoms with E-state index < -0.39 is 0 Å². The van der Waals surface area contributed by atoms with E-state index in [9.17, 15) is 14.3 Å². The van der Waals surface area contributed by atoms with Crippen LogP contribution in [0.3, 0.4) is 0 Å². The topological polar surface area (TPSA) is 90.7 Å². The SMILES string of the molecule is O=C(c1csc2c(O)nc(C3=CCCC=N3)nc12)N1CCNC(c2cccc(F)c2)C1. The van der Waals surface area contributed by atoms with E-state index in [4.69, 9.17) is 0 Å². The first-order valence-corrected chi connectivity index (χ1v) is 11.0. The molecule has 2 aromatic heterocycles. The molecule has 2 aliphatic rings. The van der Waals surface area contributed by atoms with E-state index in [0.717, 1.165) is 18.4 Å². The van der Waals surface area contributed by atoms with Gasteiger partial charge in [0, 0.05) is 31.2 Å². The van der Waals surface area contributed by atoms with Crippen LogP contribution in [0.4, 0.5) is 4.39 Å². The van der Waals surface area contributed by atoms with Crippen LogP contribution in [-0.4, -0.2) is 51.7 Å². The van der Waals surface area contributed by atoms with Crippen molar-refractivity contribution in [2.45, 2.75) is 18.9 Å². The summed E-state index contributed by atoms with van der Waals surface area (Å²) in [4.78, 5) is 28.2. The number of carbonyl (C=O) groups excluding carboxylic acids is 1. The molecule has 2 N–H and O–H groups in total. The van der Waals surface area contributed by atoms with Crippen LogP contribution in [0, 0.1) is 5.82 Å². The molecule has 0 radical (unpaired) electrons. The lowest BCUT2D eigenvalue weighted by atomic mass is 10.0. The molecule has 3 aromatic rings. The molecule has 1 amide bonds. The van der Waals surface area contributed by atoms with Gasteiger partial charge < -0.3 is 15.3 Å². The summed E-state index contributed by atoms with van der Waals surface area (Å²) in [6.07, 6.45) is 5.41. The van der Waals surface area contributed by atoms with Gasteiger partial charge in [-0.25, -0.2) is 9.37 Å². The number of allylic oxidation sites excluding steroid dienone is 1. The molecule has 2 aliphatic heterocycles. The fourth-order valence-corrected chi connectivity index (χ4v) is 4.75. The number of nitrogens with zero attached hydrogens (tertiary/aromatic N) is 4. The number of nitrogens with one attached hydrogen (secondary N) is 1. The Bertz CT molecular complexity index is 1220. The molecule has 4 heterocycles. The first-order chi connectivity index (χ1) is 15.1. The van der Waals surface area contributed by atoms with Crippen molar-refractivity contribution in [1.82, 2.24) is 20.2 Å². The largest absolute Gasteiger partial charge is 0.492 e. The summed E-state index contributed by atoms with van der Waals surface area (Å²) in [7, 11) is 0. The molecule has 1 unspecified atom stereocenters. The van der Waals surface area contributed by atoms with Gasteiger partial charge in [-0.3, -0.25) is 9.79 Å². The van der Waals surface area contributed by atoms with Crippen molar-refractivity contribution in [3.8, 4) is 5.88 Å². The van der Waals surface area contributed by atoms with E-state index in [1.165, 1.54) is 23.5 Å². The molecule has 0 bridgehead atoms. The molecule has 0 aliphatic carbocycles. The lowest BCUT2D eigenvalue weighted by molar-refractivity contribution is 0.0705. The average Bonchev–Trinajstić information content (AvgIpc) is 3.24. The van der Waals surface area contributed by atoms with Gasteiger partial charge >= 0.3 is 0 Å². The van der Waals surface area contributed by atoms with Crippen LogP contribution in [0.2, 0.25) is 0 Å². The van der Waals surface area contributed by atoms with Crippen molar-refractivity contribution in [2.75, 3.05) is 19.6 Å². The molecule has 1 aromatic carbocycles. The molecule has 1 saturated heterocycles. The summed E-state index contributed by atoms with van der Waals surface area (Å²) in [5, 5.41) is 15.5. The molecule has 1 fully saturated rings. The zero-order valence-electron chi connectivity index (χ0n) is 16.6. The maximum Gasteiger partial charge on any atom is 0.257 e. The Labute approximate surface area is 182 Å². The molecule has 1 atom stereocenters. The Morgan fingerprint density at radius 1 is 1.29 bits per heavy atom. The van der Waals surface area contributed by atoms with E-state index in [2.05, 4.69) is 20.3 Å². The highest BCUT2D eigenvalue weighted by molar-refractivity contribution is 7.17. The first-order valence-electron chi connectivity index (χ1n) is 10.1. The van der Waals surface area contributed by atoms with Crippen molar-refractivity contribution in [1.29, 1.82) is 0 Å². The fourth-order valence-electron chi connectivity index (χ4n) is 3.88. The van der Waals surface area contributed by atoms with Crippen LogP contribution >= 0.6 is 11.3 Å². The highest BCUT2D eigenvalue weighted by Crippen LogP contribution is 2.33. The molecule has 31 heavy (non-hydrogen) atoms. The quantitative estimate of drug-likeness (QED) is 0.654. The standard InChI is InChI=1S/C22H20FN5O2S/c23-14-5-3-4-13(10-14)17-11-28(9-8-25-17)22(30)15-12-31-19-18(15)26-20(27-21(19)29)16-6-1-2-7-24-16/h3-7,10,12,17,25H,1-2,8-9,11H2,(H,26,27,29). The van der Waals surface area contributed by atoms with Crippen LogP contribution in [0.1, 0.15) is 40.6 Å². The smallest absolute Gasteiger partial charge is 0.257 e. The second-order valence-corrected chi connectivity index (χ2v) is 8.37. The Balaban J connectivity index is 1.46. The number of carbonyl (C=O) groups is 1. The van der Waals surface area contributed by atoms with E-state index >= 15 is 0 Å². The molecule has 0 spiro atoms. The number of aliphatic imine (C=N–C) groups is 1. The number of hydrogen-bond acceptors (Lipinski definition) is 7. The number of aromatic nitrogens is 2. The molecule has 0 saturated carbocycles. The van der Waals surface area contributed by atoms with Gasteiger partial charge in [0.15, 0.2) is 5.82 Å². The van der Waals surface area contributed by atoms with E-state index in [-0.39, 0.29) is 23.6 Å². The Morgan fingerprint density at radius 3 is 3.00 bits per heavy atom. The number of fused-ring (bicyclic) bond motifs is 1. The maximum atomic E-state index is 13.6. The molecular weight excluding hydrogens is 417 g/mol. The van der Waals surface area contributed by atoms with Crippen molar-refractivity contribution in [2.24, 2.45) is 4.99 Å². The Hall–Kier alpha value is -3.17. The van der Waals surface area contributed by atoms with Crippen LogP contribution < -0.4 is 5.32 Å². The van der Waals surface area contributed by atoms with Gasteiger partial charge in [-0.15, -0.1) is 11.3 Å². The number of rotatable bonds is 3. The number of halogens is 1. The normalized spacial score (nSPS) is 18.9. The van der Waals surface area contributed by atoms with Crippen molar-refractivity contribution in [3.63, 3.8) is 0 Å². The molecule has 7 nitrogen and oxygen atoms in total. The summed E-state index contributed by atoms with van der Waals surface area (Å²) >= 11 is 1.24. The summed E-state index contributed by atoms with van der Waals surface area (Å²) in [6, 6.07) is 6.26. The highest BCUT2D eigenvalue weighted by Gasteiger charge is 2.28. The Kier molecular flexibility index (Phi) is 5.21. The van der Waals surface area contributed by atoms with Gasteiger partial charge in [-0.1, -0.05) is 18.2 Å². The average molecular weight is 438 g/mol. The molecule has 158 valence electrons. The zero-order valence-corrected chi connectivity index (χ0v) is 17.4. The van der Waals surface area contributed by atoms with Gasteiger partial charge in [0.05, 0.1) is 11.6 Å². The first kappa shape index (κ1) is 19.8. The minimum Gasteiger partial charge on any atom is -0.492 e. The van der Waals surface area contributed by atoms with Crippen LogP contribution in [0.25, 0.3) is 15.9 Å². The van der Waals surface area contributed by atoms with Gasteiger partial charge in [0.2, 0.25) is 5.88 Å². The minimum atomic E-state index is -0.300. The lowest BCUT2D eigenvalue weighted by Gasteiger charge is -2.34. The van der Waals surface area contributed by atoms with Crippen molar-refractivity contribution in [3.05, 3.63) is 58.5 Å². The van der Waals surface area contributed by atoms with Crippen molar-refractivity contribution < 1.29 is 14.3 Å². The van der Waals surface area contributed by atoms with Gasteiger partial charge in [0.1, 0.15) is 21.7 Å². The van der Waals surface area contributed by atoms with Gasteiger partial charge in [-0.05, 0) is 30.5 Å². The van der Waals surface area contributed by atoms with Crippen LogP contribution in [0.5, 0.6) is 5.88 Å². The lowest BCUT2D eigenvalue weighted by Crippen LogP contribution is -2.48. The number of hydrogen-bond donors (Lipinski definition) is 2. The second-order valence-electron chi connectivity index (χ2n) is 7.49.